The molecule has 1 atom stereocenters. The number of hydrogen-bond donors (Lipinski definition) is 0. The smallest absolute Gasteiger partial charge is 0.194 e. The van der Waals surface area contributed by atoms with Gasteiger partial charge in [-0.1, -0.05) is 11.2 Å². The van der Waals surface area contributed by atoms with Crippen LogP contribution in [0.5, 0.6) is 5.75 Å². The van der Waals surface area contributed by atoms with Gasteiger partial charge in [-0.15, -0.1) is 0 Å². The van der Waals surface area contributed by atoms with Gasteiger partial charge in [-0.25, -0.2) is 18.2 Å². The topological polar surface area (TPSA) is 51.9 Å². The van der Waals surface area contributed by atoms with Gasteiger partial charge in [-0.2, -0.15) is 0 Å². The molecule has 3 aromatic rings. The molecular weight excluding hydrogens is 457 g/mol. The number of benzene rings is 2. The summed E-state index contributed by atoms with van der Waals surface area (Å²) < 4.78 is 49.0. The van der Waals surface area contributed by atoms with Gasteiger partial charge in [0.1, 0.15) is 12.4 Å². The second-order valence-corrected chi connectivity index (χ2v) is 8.70. The Kier molecular flexibility index (Phi) is 6.23. The molecule has 0 radical (unpaired) electrons. The van der Waals surface area contributed by atoms with Crippen LogP contribution in [0.1, 0.15) is 42.1 Å². The highest BCUT2D eigenvalue weighted by atomic mass is 19.2. The predicted molar refractivity (Wildman–Crippen MR) is 126 cm³/mol. The number of hydrogen-bond acceptors (Lipinski definition) is 5. The van der Waals surface area contributed by atoms with Crippen LogP contribution >= 0.6 is 0 Å². The van der Waals surface area contributed by atoms with Crippen molar-refractivity contribution in [2.45, 2.75) is 32.2 Å². The van der Waals surface area contributed by atoms with Crippen LogP contribution in [-0.2, 0) is 4.84 Å². The monoisotopic (exact) mass is 482 g/mol. The molecule has 2 aliphatic heterocycles. The Morgan fingerprint density at radius 3 is 2.63 bits per heavy atom. The van der Waals surface area contributed by atoms with Crippen LogP contribution in [0.2, 0.25) is 0 Å². The van der Waals surface area contributed by atoms with E-state index in [0.717, 1.165) is 53.9 Å². The van der Waals surface area contributed by atoms with E-state index in [1.54, 1.807) is 13.4 Å². The third-order valence-electron chi connectivity index (χ3n) is 6.34. The lowest BCUT2D eigenvalue weighted by Crippen LogP contribution is -2.40. The van der Waals surface area contributed by atoms with Gasteiger partial charge >= 0.3 is 0 Å². The number of imidazole rings is 1. The number of fused-ring (bicyclic) bond motifs is 1. The molecule has 1 unspecified atom stereocenters. The van der Waals surface area contributed by atoms with E-state index >= 15 is 0 Å². The third-order valence-corrected chi connectivity index (χ3v) is 6.34. The second kappa shape index (κ2) is 9.48. The molecule has 5 rings (SSSR count). The molecule has 1 saturated heterocycles. The molecule has 35 heavy (non-hydrogen) atoms. The minimum atomic E-state index is -1.47. The van der Waals surface area contributed by atoms with Gasteiger partial charge in [0.15, 0.2) is 23.3 Å². The highest BCUT2D eigenvalue weighted by Gasteiger charge is 2.33. The van der Waals surface area contributed by atoms with E-state index in [1.807, 2.05) is 46.9 Å². The van der Waals surface area contributed by atoms with Crippen molar-refractivity contribution in [3.8, 4) is 11.4 Å². The molecule has 0 bridgehead atoms. The van der Waals surface area contributed by atoms with E-state index in [2.05, 4.69) is 10.1 Å². The summed E-state index contributed by atoms with van der Waals surface area (Å²) in [6.45, 7) is 2.69. The highest BCUT2D eigenvalue weighted by molar-refractivity contribution is 6.02. The number of ether oxygens (including phenoxy) is 1. The largest absolute Gasteiger partial charge is 0.495 e. The van der Waals surface area contributed by atoms with Crippen molar-refractivity contribution in [3.63, 3.8) is 0 Å². The number of rotatable bonds is 4. The van der Waals surface area contributed by atoms with Crippen molar-refractivity contribution >= 4 is 11.9 Å². The molecule has 2 aliphatic rings. The summed E-state index contributed by atoms with van der Waals surface area (Å²) in [5.74, 6) is -2.58. The zero-order chi connectivity index (χ0) is 24.5. The van der Waals surface area contributed by atoms with Gasteiger partial charge in [0.05, 0.1) is 30.9 Å². The summed E-state index contributed by atoms with van der Waals surface area (Å²) in [6.07, 6.45) is 8.26. The predicted octanol–water partition coefficient (Wildman–Crippen LogP) is 5.56. The minimum Gasteiger partial charge on any atom is -0.495 e. The Morgan fingerprint density at radius 1 is 1.11 bits per heavy atom. The molecule has 0 saturated carbocycles. The summed E-state index contributed by atoms with van der Waals surface area (Å²) in [6, 6.07) is 7.49. The maximum atomic E-state index is 14.0. The van der Waals surface area contributed by atoms with Crippen molar-refractivity contribution in [1.82, 2.24) is 14.5 Å². The van der Waals surface area contributed by atoms with Crippen molar-refractivity contribution in [3.05, 3.63) is 82.7 Å². The molecular formula is C26H25F3N4O2. The minimum absolute atomic E-state index is 0.119. The van der Waals surface area contributed by atoms with Crippen LogP contribution in [0.3, 0.4) is 0 Å². The third kappa shape index (κ3) is 4.50. The normalized spacial score (nSPS) is 19.1. The lowest BCUT2D eigenvalue weighted by atomic mass is 10.0. The summed E-state index contributed by atoms with van der Waals surface area (Å²) in [5.41, 5.74) is 3.96. The molecule has 0 amide bonds. The van der Waals surface area contributed by atoms with Gasteiger partial charge in [0, 0.05) is 12.7 Å². The number of aromatic nitrogens is 2. The molecule has 6 nitrogen and oxygen atoms in total. The number of aryl methyl sites for hydroxylation is 1. The zero-order valence-electron chi connectivity index (χ0n) is 19.5. The highest BCUT2D eigenvalue weighted by Crippen LogP contribution is 2.34. The molecule has 9 heteroatoms. The Bertz CT molecular complexity index is 1290. The first-order valence-electron chi connectivity index (χ1n) is 11.5. The summed E-state index contributed by atoms with van der Waals surface area (Å²) in [5, 5.41) is 4.31. The van der Waals surface area contributed by atoms with Crippen LogP contribution in [0.15, 0.2) is 53.6 Å². The van der Waals surface area contributed by atoms with Crippen LogP contribution < -0.4 is 4.74 Å². The van der Waals surface area contributed by atoms with E-state index in [0.29, 0.717) is 23.7 Å². The van der Waals surface area contributed by atoms with Gasteiger partial charge in [-0.3, -0.25) is 0 Å². The van der Waals surface area contributed by atoms with Crippen molar-refractivity contribution in [2.75, 3.05) is 20.3 Å². The van der Waals surface area contributed by atoms with Gasteiger partial charge in [-0.05, 0) is 73.2 Å². The molecule has 1 fully saturated rings. The van der Waals surface area contributed by atoms with E-state index in [4.69, 9.17) is 9.57 Å². The van der Waals surface area contributed by atoms with Crippen LogP contribution in [-0.4, -0.2) is 40.5 Å². The fourth-order valence-corrected chi connectivity index (χ4v) is 4.61. The van der Waals surface area contributed by atoms with E-state index in [-0.39, 0.29) is 6.61 Å². The van der Waals surface area contributed by atoms with E-state index in [1.165, 1.54) is 0 Å². The molecule has 2 aromatic carbocycles. The zero-order valence-corrected chi connectivity index (χ0v) is 19.5. The fraction of sp³-hybridized carbons (Fsp3) is 0.308. The molecule has 0 spiro atoms. The Balaban J connectivity index is 1.49. The Labute approximate surface area is 201 Å². The molecule has 0 aliphatic carbocycles. The van der Waals surface area contributed by atoms with Crippen molar-refractivity contribution < 1.29 is 22.7 Å². The molecule has 0 N–H and O–H groups in total. The van der Waals surface area contributed by atoms with E-state index < -0.39 is 23.5 Å². The van der Waals surface area contributed by atoms with Crippen molar-refractivity contribution in [2.24, 2.45) is 5.16 Å². The molecule has 1 aromatic heterocycles. The molecule has 182 valence electrons. The summed E-state index contributed by atoms with van der Waals surface area (Å²) >= 11 is 0. The number of amidine groups is 1. The fourth-order valence-electron chi connectivity index (χ4n) is 4.61. The number of nitrogens with zero attached hydrogens (tertiary/aromatic N) is 4. The molecule has 3 heterocycles. The van der Waals surface area contributed by atoms with Gasteiger partial charge in [0.2, 0.25) is 0 Å². The van der Waals surface area contributed by atoms with E-state index in [9.17, 15) is 13.2 Å². The number of methoxy groups -OCH3 is 1. The first-order valence-corrected chi connectivity index (χ1v) is 11.5. The Hall–Kier alpha value is -3.75. The van der Waals surface area contributed by atoms with Crippen LogP contribution in [0.4, 0.5) is 13.2 Å². The lowest BCUT2D eigenvalue weighted by molar-refractivity contribution is 0.0611. The number of halogens is 3. The number of oxime groups is 1. The van der Waals surface area contributed by atoms with Crippen LogP contribution in [0, 0.1) is 24.4 Å². The summed E-state index contributed by atoms with van der Waals surface area (Å²) in [4.78, 5) is 11.8. The quantitative estimate of drug-likeness (QED) is 0.457. The van der Waals surface area contributed by atoms with Crippen molar-refractivity contribution in [1.29, 1.82) is 0 Å². The lowest BCUT2D eigenvalue weighted by Gasteiger charge is -2.36. The average molecular weight is 483 g/mol. The SMILES string of the molecule is COc1cc(/C=C2\CCCCN3C2=NOCC3c2cc(F)c(F)c(F)c2)ccc1-n1cnc(C)c1. The Morgan fingerprint density at radius 2 is 1.91 bits per heavy atom. The van der Waals surface area contributed by atoms with Gasteiger partial charge < -0.3 is 19.0 Å². The maximum Gasteiger partial charge on any atom is 0.194 e. The van der Waals surface area contributed by atoms with Gasteiger partial charge in [0.25, 0.3) is 0 Å². The first-order chi connectivity index (χ1) is 16.9. The summed E-state index contributed by atoms with van der Waals surface area (Å²) in [7, 11) is 1.62. The maximum absolute atomic E-state index is 14.0. The average Bonchev–Trinajstić information content (AvgIpc) is 3.19. The first kappa shape index (κ1) is 23.0. The second-order valence-electron chi connectivity index (χ2n) is 8.70. The standard InChI is InChI=1S/C26H25F3N4O2/c1-16-13-32(15-30-16)22-7-6-17(10-24(22)34-2)9-18-5-3-4-8-33-23(14-35-31-26(18)33)19-11-20(27)25(29)21(28)12-19/h6-7,9-13,15,23H,3-5,8,14H2,1-2H3/b18-9+. The van der Waals surface area contributed by atoms with Crippen LogP contribution in [0.25, 0.3) is 11.8 Å².